The van der Waals surface area contributed by atoms with E-state index in [0.717, 1.165) is 30.5 Å². The minimum atomic E-state index is 0.0214. The number of unbranched alkanes of at least 4 members (excludes halogenated alkanes) is 1. The molecule has 2 rings (SSSR count). The third-order valence-electron chi connectivity index (χ3n) is 2.48. The molecule has 0 amide bonds. The molecule has 2 heteroatoms. The SMILES string of the molecule is [O]CCCCc1ccc2ccccc2n1. The average molecular weight is 200 g/mol. The van der Waals surface area contributed by atoms with E-state index < -0.39 is 0 Å². The Bertz CT molecular complexity index is 439. The highest BCUT2D eigenvalue weighted by Crippen LogP contribution is 2.12. The summed E-state index contributed by atoms with van der Waals surface area (Å²) in [6.07, 6.45) is 2.59. The van der Waals surface area contributed by atoms with Gasteiger partial charge in [-0.1, -0.05) is 24.3 Å². The Hall–Kier alpha value is -1.41. The van der Waals surface area contributed by atoms with E-state index in [2.05, 4.69) is 17.1 Å². The second-order valence-electron chi connectivity index (χ2n) is 3.66. The zero-order valence-corrected chi connectivity index (χ0v) is 8.65. The number of hydrogen-bond acceptors (Lipinski definition) is 1. The Morgan fingerprint density at radius 2 is 1.87 bits per heavy atom. The topological polar surface area (TPSA) is 32.8 Å². The number of fused-ring (bicyclic) bond motifs is 1. The standard InChI is InChI=1S/C13H14NO/c15-10-4-3-6-12-9-8-11-5-1-2-7-13(11)14-12/h1-2,5,7-9H,3-4,6,10H2. The number of hydrogen-bond donors (Lipinski definition) is 0. The van der Waals surface area contributed by atoms with E-state index in [0.29, 0.717) is 0 Å². The van der Waals surface area contributed by atoms with Crippen LogP contribution in [0.5, 0.6) is 0 Å². The van der Waals surface area contributed by atoms with Crippen LogP contribution in [0.4, 0.5) is 0 Å². The van der Waals surface area contributed by atoms with Crippen LogP contribution in [0.3, 0.4) is 0 Å². The highest BCUT2D eigenvalue weighted by Gasteiger charge is 1.97. The van der Waals surface area contributed by atoms with Crippen molar-refractivity contribution in [2.24, 2.45) is 0 Å². The van der Waals surface area contributed by atoms with E-state index in [1.54, 1.807) is 0 Å². The molecule has 1 aromatic heterocycles. The van der Waals surface area contributed by atoms with E-state index in [9.17, 15) is 5.11 Å². The molecule has 0 spiro atoms. The van der Waals surface area contributed by atoms with Crippen molar-refractivity contribution < 1.29 is 5.11 Å². The van der Waals surface area contributed by atoms with Crippen molar-refractivity contribution >= 4 is 10.9 Å². The van der Waals surface area contributed by atoms with E-state index in [4.69, 9.17) is 0 Å². The van der Waals surface area contributed by atoms with Gasteiger partial charge in [0.25, 0.3) is 0 Å². The van der Waals surface area contributed by atoms with Crippen LogP contribution in [0.25, 0.3) is 10.9 Å². The van der Waals surface area contributed by atoms with Crippen LogP contribution in [-0.4, -0.2) is 11.6 Å². The van der Waals surface area contributed by atoms with Gasteiger partial charge in [0.1, 0.15) is 0 Å². The lowest BCUT2D eigenvalue weighted by atomic mass is 10.1. The van der Waals surface area contributed by atoms with Gasteiger partial charge in [-0.3, -0.25) is 4.98 Å². The number of aryl methyl sites for hydroxylation is 1. The smallest absolute Gasteiger partial charge is 0.0822 e. The maximum absolute atomic E-state index is 10.3. The van der Waals surface area contributed by atoms with E-state index in [1.165, 1.54) is 5.39 Å². The van der Waals surface area contributed by atoms with Crippen LogP contribution in [0.1, 0.15) is 18.5 Å². The second kappa shape index (κ2) is 4.89. The van der Waals surface area contributed by atoms with Crippen molar-refractivity contribution in [2.45, 2.75) is 19.3 Å². The first kappa shape index (κ1) is 10.1. The van der Waals surface area contributed by atoms with Gasteiger partial charge in [-0.15, -0.1) is 0 Å². The summed E-state index contributed by atoms with van der Waals surface area (Å²) >= 11 is 0. The van der Waals surface area contributed by atoms with E-state index in [-0.39, 0.29) is 6.61 Å². The van der Waals surface area contributed by atoms with Gasteiger partial charge in [0, 0.05) is 11.1 Å². The molecule has 0 bridgehead atoms. The Labute approximate surface area is 89.6 Å². The summed E-state index contributed by atoms with van der Waals surface area (Å²) in [5, 5.41) is 11.5. The fourth-order valence-corrected chi connectivity index (χ4v) is 1.66. The fraction of sp³-hybridized carbons (Fsp3) is 0.308. The first-order valence-corrected chi connectivity index (χ1v) is 5.33. The minimum Gasteiger partial charge on any atom is -0.253 e. The van der Waals surface area contributed by atoms with Crippen LogP contribution in [0.2, 0.25) is 0 Å². The molecule has 0 atom stereocenters. The van der Waals surface area contributed by atoms with Crippen molar-refractivity contribution in [1.82, 2.24) is 4.98 Å². The van der Waals surface area contributed by atoms with Gasteiger partial charge in [0.15, 0.2) is 0 Å². The quantitative estimate of drug-likeness (QED) is 0.698. The number of para-hydroxylation sites is 1. The fourth-order valence-electron chi connectivity index (χ4n) is 1.66. The summed E-state index contributed by atoms with van der Waals surface area (Å²) in [4.78, 5) is 4.54. The van der Waals surface area contributed by atoms with Gasteiger partial charge in [0.2, 0.25) is 0 Å². The Morgan fingerprint density at radius 1 is 1.00 bits per heavy atom. The number of aromatic nitrogens is 1. The summed E-state index contributed by atoms with van der Waals surface area (Å²) in [6.45, 7) is 0.0214. The maximum Gasteiger partial charge on any atom is 0.0822 e. The monoisotopic (exact) mass is 200 g/mol. The third kappa shape index (κ3) is 2.54. The van der Waals surface area contributed by atoms with Crippen LogP contribution in [-0.2, 0) is 11.5 Å². The molecule has 0 aliphatic heterocycles. The van der Waals surface area contributed by atoms with E-state index >= 15 is 0 Å². The second-order valence-corrected chi connectivity index (χ2v) is 3.66. The molecule has 1 heterocycles. The predicted octanol–water partition coefficient (Wildman–Crippen LogP) is 2.99. The lowest BCUT2D eigenvalue weighted by Gasteiger charge is -2.01. The molecule has 1 radical (unpaired) electrons. The number of pyridine rings is 1. The molecular formula is C13H14NO. The molecule has 2 nitrogen and oxygen atoms in total. The van der Waals surface area contributed by atoms with Gasteiger partial charge < -0.3 is 0 Å². The van der Waals surface area contributed by atoms with Gasteiger partial charge in [-0.25, -0.2) is 5.11 Å². The Kier molecular flexibility index (Phi) is 3.30. The average Bonchev–Trinajstić information content (AvgIpc) is 2.29. The van der Waals surface area contributed by atoms with Crippen molar-refractivity contribution in [1.29, 1.82) is 0 Å². The molecule has 0 N–H and O–H groups in total. The Balaban J connectivity index is 2.16. The molecule has 15 heavy (non-hydrogen) atoms. The molecule has 2 aromatic rings. The van der Waals surface area contributed by atoms with Crippen LogP contribution in [0, 0.1) is 0 Å². The summed E-state index contributed by atoms with van der Waals surface area (Å²) in [6, 6.07) is 12.2. The van der Waals surface area contributed by atoms with Crippen molar-refractivity contribution in [3.05, 3.63) is 42.1 Å². The third-order valence-corrected chi connectivity index (χ3v) is 2.48. The van der Waals surface area contributed by atoms with Gasteiger partial charge in [-0.2, -0.15) is 0 Å². The summed E-state index contributed by atoms with van der Waals surface area (Å²) in [5.74, 6) is 0. The predicted molar refractivity (Wildman–Crippen MR) is 60.2 cm³/mol. The molecule has 77 valence electrons. The molecule has 0 aliphatic rings. The lowest BCUT2D eigenvalue weighted by Crippen LogP contribution is -1.92. The highest BCUT2D eigenvalue weighted by molar-refractivity contribution is 5.78. The molecule has 0 saturated carbocycles. The number of nitrogens with zero attached hydrogens (tertiary/aromatic N) is 1. The van der Waals surface area contributed by atoms with Crippen LogP contribution < -0.4 is 0 Å². The largest absolute Gasteiger partial charge is 0.253 e. The molecule has 0 aliphatic carbocycles. The van der Waals surface area contributed by atoms with Gasteiger partial charge >= 0.3 is 0 Å². The van der Waals surface area contributed by atoms with E-state index in [1.807, 2.05) is 24.3 Å². The summed E-state index contributed by atoms with van der Waals surface area (Å²) in [5.41, 5.74) is 2.12. The Morgan fingerprint density at radius 3 is 2.73 bits per heavy atom. The van der Waals surface area contributed by atoms with Gasteiger partial charge in [0.05, 0.1) is 12.1 Å². The minimum absolute atomic E-state index is 0.0214. The summed E-state index contributed by atoms with van der Waals surface area (Å²) in [7, 11) is 0. The molecular weight excluding hydrogens is 186 g/mol. The van der Waals surface area contributed by atoms with Crippen molar-refractivity contribution in [3.8, 4) is 0 Å². The number of benzene rings is 1. The van der Waals surface area contributed by atoms with Crippen LogP contribution >= 0.6 is 0 Å². The molecule has 1 aromatic carbocycles. The molecule has 0 unspecified atom stereocenters. The maximum atomic E-state index is 10.3. The normalized spacial score (nSPS) is 10.7. The zero-order chi connectivity index (χ0) is 10.5. The van der Waals surface area contributed by atoms with Crippen molar-refractivity contribution in [2.75, 3.05) is 6.61 Å². The van der Waals surface area contributed by atoms with Crippen molar-refractivity contribution in [3.63, 3.8) is 0 Å². The summed E-state index contributed by atoms with van der Waals surface area (Å²) < 4.78 is 0. The lowest BCUT2D eigenvalue weighted by molar-refractivity contribution is 0.187. The van der Waals surface area contributed by atoms with Gasteiger partial charge in [-0.05, 0) is 31.4 Å². The molecule has 0 saturated heterocycles. The number of rotatable bonds is 4. The first-order chi connectivity index (χ1) is 7.40. The highest BCUT2D eigenvalue weighted by atomic mass is 16.2. The van der Waals surface area contributed by atoms with Crippen LogP contribution in [0.15, 0.2) is 36.4 Å². The zero-order valence-electron chi connectivity index (χ0n) is 8.65. The first-order valence-electron chi connectivity index (χ1n) is 5.33. The molecule has 0 fully saturated rings.